The van der Waals surface area contributed by atoms with Crippen molar-refractivity contribution in [3.05, 3.63) is 88.5 Å². The van der Waals surface area contributed by atoms with Gasteiger partial charge >= 0.3 is 0 Å². The summed E-state index contributed by atoms with van der Waals surface area (Å²) in [5.74, 6) is -1.17. The normalized spacial score (nSPS) is 17.6. The number of Topliss-reactive ketones (excluding diaryl/α,β-unsaturated/α-hetero) is 1. The molecule has 0 unspecified atom stereocenters. The fraction of sp³-hybridized carbons (Fsp3) is 0.321. The molecule has 0 aliphatic carbocycles. The molecule has 1 saturated heterocycles. The number of methoxy groups -OCH3 is 1. The number of benzene rings is 2. The molecule has 2 heterocycles. The molecule has 0 radical (unpaired) electrons. The van der Waals surface area contributed by atoms with Gasteiger partial charge in [-0.05, 0) is 41.2 Å². The van der Waals surface area contributed by atoms with Crippen molar-refractivity contribution in [2.45, 2.75) is 45.2 Å². The highest BCUT2D eigenvalue weighted by atomic mass is 35.5. The van der Waals surface area contributed by atoms with Crippen LogP contribution in [0, 0.1) is 0 Å². The van der Waals surface area contributed by atoms with Crippen molar-refractivity contribution in [3.63, 3.8) is 0 Å². The summed E-state index contributed by atoms with van der Waals surface area (Å²) in [5.41, 5.74) is 2.22. The molecule has 1 aliphatic rings. The lowest BCUT2D eigenvalue weighted by Crippen LogP contribution is -2.31. The number of aliphatic hydroxyl groups is 1. The quantitative estimate of drug-likeness (QED) is 0.264. The molecule has 2 aromatic carbocycles. The minimum absolute atomic E-state index is 0.0485. The first-order valence-electron chi connectivity index (χ1n) is 11.8. The van der Waals surface area contributed by atoms with Crippen LogP contribution in [0.25, 0.3) is 5.76 Å². The molecule has 1 fully saturated rings. The zero-order valence-electron chi connectivity index (χ0n) is 20.9. The minimum Gasteiger partial charge on any atom is -0.507 e. The summed E-state index contributed by atoms with van der Waals surface area (Å²) >= 11 is 6.28. The second kappa shape index (κ2) is 10.2. The summed E-state index contributed by atoms with van der Waals surface area (Å²) in [4.78, 5) is 32.0. The Bertz CT molecular complexity index is 1290. The molecule has 1 aliphatic heterocycles. The summed E-state index contributed by atoms with van der Waals surface area (Å²) in [6, 6.07) is 11.9. The molecule has 188 valence electrons. The molecule has 8 heteroatoms. The summed E-state index contributed by atoms with van der Waals surface area (Å²) < 4.78 is 7.12. The van der Waals surface area contributed by atoms with E-state index in [9.17, 15) is 14.7 Å². The number of ketones is 1. The maximum atomic E-state index is 13.3. The van der Waals surface area contributed by atoms with Crippen LogP contribution >= 0.6 is 11.6 Å². The Labute approximate surface area is 216 Å². The van der Waals surface area contributed by atoms with Crippen LogP contribution in [0.4, 0.5) is 0 Å². The van der Waals surface area contributed by atoms with Crippen LogP contribution < -0.4 is 4.74 Å². The number of hydrogen-bond acceptors (Lipinski definition) is 5. The van der Waals surface area contributed by atoms with Gasteiger partial charge in [0.25, 0.3) is 11.7 Å². The molecule has 7 nitrogen and oxygen atoms in total. The monoisotopic (exact) mass is 507 g/mol. The average Bonchev–Trinajstić information content (AvgIpc) is 3.45. The highest BCUT2D eigenvalue weighted by molar-refractivity contribution is 6.46. The summed E-state index contributed by atoms with van der Waals surface area (Å²) in [6.07, 6.45) is 5.88. The van der Waals surface area contributed by atoms with Crippen molar-refractivity contribution in [3.8, 4) is 5.75 Å². The minimum atomic E-state index is -0.720. The molecule has 1 atom stereocenters. The van der Waals surface area contributed by atoms with Gasteiger partial charge in [-0.1, -0.05) is 56.6 Å². The number of aromatic nitrogens is 2. The second-order valence-electron chi connectivity index (χ2n) is 9.87. The van der Waals surface area contributed by atoms with Gasteiger partial charge < -0.3 is 19.3 Å². The third-order valence-electron chi connectivity index (χ3n) is 6.43. The van der Waals surface area contributed by atoms with Gasteiger partial charge in [0.1, 0.15) is 11.5 Å². The number of halogens is 1. The van der Waals surface area contributed by atoms with Crippen molar-refractivity contribution < 1.29 is 19.4 Å². The lowest BCUT2D eigenvalue weighted by atomic mass is 9.85. The van der Waals surface area contributed by atoms with E-state index in [-0.39, 0.29) is 16.7 Å². The highest BCUT2D eigenvalue weighted by Crippen LogP contribution is 2.41. The van der Waals surface area contributed by atoms with E-state index in [1.165, 1.54) is 13.2 Å². The number of carbonyl (C=O) groups is 2. The van der Waals surface area contributed by atoms with Crippen LogP contribution in [0.15, 0.2) is 66.8 Å². The largest absolute Gasteiger partial charge is 0.507 e. The first-order chi connectivity index (χ1) is 17.1. The molecule has 1 N–H and O–H groups in total. The van der Waals surface area contributed by atoms with E-state index in [1.807, 2.05) is 35.0 Å². The van der Waals surface area contributed by atoms with E-state index in [4.69, 9.17) is 16.3 Å². The predicted octanol–water partition coefficient (Wildman–Crippen LogP) is 5.35. The summed E-state index contributed by atoms with van der Waals surface area (Å²) in [5, 5.41) is 11.6. The number of ether oxygens (including phenoxy) is 1. The van der Waals surface area contributed by atoms with E-state index in [0.29, 0.717) is 35.8 Å². The first kappa shape index (κ1) is 25.5. The van der Waals surface area contributed by atoms with E-state index < -0.39 is 17.7 Å². The average molecular weight is 508 g/mol. The van der Waals surface area contributed by atoms with Crippen LogP contribution in [-0.2, 0) is 21.5 Å². The van der Waals surface area contributed by atoms with Crippen molar-refractivity contribution in [1.82, 2.24) is 14.5 Å². The van der Waals surface area contributed by atoms with Crippen molar-refractivity contribution >= 4 is 29.1 Å². The number of nitrogens with zero attached hydrogens (tertiary/aromatic N) is 3. The van der Waals surface area contributed by atoms with E-state index in [1.54, 1.807) is 29.6 Å². The van der Waals surface area contributed by atoms with Gasteiger partial charge in [0.05, 0.1) is 30.1 Å². The van der Waals surface area contributed by atoms with Crippen LogP contribution in [0.1, 0.15) is 49.9 Å². The van der Waals surface area contributed by atoms with Gasteiger partial charge in [-0.2, -0.15) is 0 Å². The van der Waals surface area contributed by atoms with Crippen LogP contribution in [0.3, 0.4) is 0 Å². The standard InChI is InChI=1S/C28H30ClN3O4/c1-28(2,3)20-9-6-18(7-10-20)24-23(25(33)19-8-11-22(36-4)21(29)16-19)26(34)27(35)32(24)14-5-13-31-15-12-30-17-31/h6-12,15-17,24,33H,5,13-14H2,1-4H3/b25-23+/t24-/m1/s1. The van der Waals surface area contributed by atoms with Crippen LogP contribution in [-0.4, -0.2) is 44.9 Å². The molecule has 0 spiro atoms. The van der Waals surface area contributed by atoms with Gasteiger partial charge in [-0.25, -0.2) is 4.98 Å². The molecule has 1 aromatic heterocycles. The van der Waals surface area contributed by atoms with Gasteiger partial charge in [-0.15, -0.1) is 0 Å². The SMILES string of the molecule is COc1ccc(/C(O)=C2\C(=O)C(=O)N(CCCn3ccnc3)[C@@H]2c2ccc(C(C)(C)C)cc2)cc1Cl. The van der Waals surface area contributed by atoms with E-state index in [2.05, 4.69) is 25.8 Å². The van der Waals surface area contributed by atoms with Crippen molar-refractivity contribution in [2.75, 3.05) is 13.7 Å². The molecule has 1 amide bonds. The zero-order valence-corrected chi connectivity index (χ0v) is 21.6. The lowest BCUT2D eigenvalue weighted by Gasteiger charge is -2.26. The second-order valence-corrected chi connectivity index (χ2v) is 10.3. The lowest BCUT2D eigenvalue weighted by molar-refractivity contribution is -0.139. The molecule has 0 saturated carbocycles. The molecular formula is C28H30ClN3O4. The Kier molecular flexibility index (Phi) is 7.22. The molecule has 3 aromatic rings. The van der Waals surface area contributed by atoms with Gasteiger partial charge in [0.2, 0.25) is 0 Å². The van der Waals surface area contributed by atoms with Gasteiger partial charge in [-0.3, -0.25) is 9.59 Å². The maximum absolute atomic E-state index is 13.3. The molecule has 36 heavy (non-hydrogen) atoms. The smallest absolute Gasteiger partial charge is 0.295 e. The topological polar surface area (TPSA) is 84.7 Å². The van der Waals surface area contributed by atoms with Crippen LogP contribution in [0.2, 0.25) is 5.02 Å². The third-order valence-corrected chi connectivity index (χ3v) is 6.73. The molecular weight excluding hydrogens is 478 g/mol. The van der Waals surface area contributed by atoms with Crippen LogP contribution in [0.5, 0.6) is 5.75 Å². The summed E-state index contributed by atoms with van der Waals surface area (Å²) in [6.45, 7) is 7.36. The third kappa shape index (κ3) is 5.02. The van der Waals surface area contributed by atoms with Gasteiger partial charge in [0, 0.05) is 31.0 Å². The van der Waals surface area contributed by atoms with Gasteiger partial charge in [0.15, 0.2) is 0 Å². The Morgan fingerprint density at radius 3 is 2.42 bits per heavy atom. The Morgan fingerprint density at radius 2 is 1.83 bits per heavy atom. The van der Waals surface area contributed by atoms with E-state index >= 15 is 0 Å². The Morgan fingerprint density at radius 1 is 1.11 bits per heavy atom. The predicted molar refractivity (Wildman–Crippen MR) is 139 cm³/mol. The Balaban J connectivity index is 1.76. The van der Waals surface area contributed by atoms with Crippen molar-refractivity contribution in [2.24, 2.45) is 0 Å². The number of likely N-dealkylation sites (tertiary alicyclic amines) is 1. The zero-order chi connectivity index (χ0) is 26.0. The number of carbonyl (C=O) groups excluding carboxylic acids is 2. The van der Waals surface area contributed by atoms with E-state index in [0.717, 1.165) is 11.1 Å². The number of aliphatic hydroxyl groups excluding tert-OH is 1. The number of amides is 1. The summed E-state index contributed by atoms with van der Waals surface area (Å²) in [7, 11) is 1.50. The molecule has 0 bridgehead atoms. The first-order valence-corrected chi connectivity index (χ1v) is 12.2. The number of hydrogen-bond donors (Lipinski definition) is 1. The fourth-order valence-electron chi connectivity index (χ4n) is 4.43. The molecule has 4 rings (SSSR count). The number of aryl methyl sites for hydroxylation is 1. The number of rotatable bonds is 7. The fourth-order valence-corrected chi connectivity index (χ4v) is 4.69. The Hall–Kier alpha value is -3.58. The number of imidazole rings is 1. The highest BCUT2D eigenvalue weighted by Gasteiger charge is 2.45. The van der Waals surface area contributed by atoms with Crippen molar-refractivity contribution in [1.29, 1.82) is 0 Å². The maximum Gasteiger partial charge on any atom is 0.295 e.